The van der Waals surface area contributed by atoms with Crippen molar-refractivity contribution < 1.29 is 9.63 Å². The highest BCUT2D eigenvalue weighted by Crippen LogP contribution is 2.12. The average Bonchev–Trinajstić information content (AvgIpc) is 2.38. The van der Waals surface area contributed by atoms with Crippen LogP contribution < -0.4 is 11.1 Å². The summed E-state index contributed by atoms with van der Waals surface area (Å²) >= 11 is 0. The second-order valence-electron chi connectivity index (χ2n) is 4.39. The molecule has 1 heterocycles. The van der Waals surface area contributed by atoms with Gasteiger partial charge in [0.05, 0.1) is 6.61 Å². The van der Waals surface area contributed by atoms with Crippen LogP contribution >= 0.6 is 0 Å². The molecule has 98 valence electrons. The summed E-state index contributed by atoms with van der Waals surface area (Å²) in [4.78, 5) is 17.2. The summed E-state index contributed by atoms with van der Waals surface area (Å²) in [7, 11) is 0. The summed E-state index contributed by atoms with van der Waals surface area (Å²) in [6.07, 6.45) is 2.66. The molecule has 0 aliphatic carbocycles. The van der Waals surface area contributed by atoms with Crippen LogP contribution in [0.2, 0.25) is 0 Å². The molecule has 0 bridgehead atoms. The third kappa shape index (κ3) is 4.01. The Hall–Kier alpha value is -1.59. The van der Waals surface area contributed by atoms with Gasteiger partial charge in [-0.25, -0.2) is 0 Å². The van der Waals surface area contributed by atoms with Crippen LogP contribution in [0.4, 0.5) is 11.4 Å². The lowest BCUT2D eigenvalue weighted by Crippen LogP contribution is -2.32. The first kappa shape index (κ1) is 12.9. The first-order chi connectivity index (χ1) is 8.74. The fraction of sp³-hybridized carbons (Fsp3) is 0.462. The van der Waals surface area contributed by atoms with Crippen molar-refractivity contribution in [1.29, 1.82) is 0 Å². The van der Waals surface area contributed by atoms with Gasteiger partial charge < -0.3 is 11.1 Å². The molecule has 1 saturated heterocycles. The summed E-state index contributed by atoms with van der Waals surface area (Å²) in [6, 6.07) is 7.18. The van der Waals surface area contributed by atoms with Crippen molar-refractivity contribution in [1.82, 2.24) is 5.06 Å². The maximum Gasteiger partial charge on any atom is 0.225 e. The maximum absolute atomic E-state index is 11.7. The summed E-state index contributed by atoms with van der Waals surface area (Å²) in [5.41, 5.74) is 7.03. The van der Waals surface area contributed by atoms with Gasteiger partial charge in [-0.2, -0.15) is 5.06 Å². The van der Waals surface area contributed by atoms with E-state index in [0.717, 1.165) is 31.7 Å². The zero-order valence-electron chi connectivity index (χ0n) is 10.4. The molecule has 1 aliphatic rings. The molecule has 0 unspecified atom stereocenters. The second kappa shape index (κ2) is 6.37. The van der Waals surface area contributed by atoms with Crippen molar-refractivity contribution in [3.63, 3.8) is 0 Å². The molecule has 1 aromatic rings. The van der Waals surface area contributed by atoms with E-state index in [1.165, 1.54) is 0 Å². The molecule has 18 heavy (non-hydrogen) atoms. The lowest BCUT2D eigenvalue weighted by molar-refractivity contribution is -0.181. The van der Waals surface area contributed by atoms with Crippen LogP contribution in [-0.2, 0) is 9.63 Å². The fourth-order valence-corrected chi connectivity index (χ4v) is 1.89. The predicted molar refractivity (Wildman–Crippen MR) is 70.9 cm³/mol. The smallest absolute Gasteiger partial charge is 0.225 e. The molecule has 1 aliphatic heterocycles. The molecule has 1 fully saturated rings. The predicted octanol–water partition coefficient (Wildman–Crippen LogP) is 1.62. The number of rotatable bonds is 4. The SMILES string of the molecule is Nc1cccc(NC(=O)CCN2CCCCO2)c1. The number of carbonyl (C=O) groups excluding carboxylic acids is 1. The third-order valence-corrected chi connectivity index (χ3v) is 2.83. The van der Waals surface area contributed by atoms with Crippen LogP contribution in [0.1, 0.15) is 19.3 Å². The minimum Gasteiger partial charge on any atom is -0.399 e. The number of hydroxylamine groups is 2. The third-order valence-electron chi connectivity index (χ3n) is 2.83. The Morgan fingerprint density at radius 2 is 2.33 bits per heavy atom. The highest BCUT2D eigenvalue weighted by molar-refractivity contribution is 5.91. The molecule has 1 aromatic carbocycles. The highest BCUT2D eigenvalue weighted by Gasteiger charge is 2.12. The van der Waals surface area contributed by atoms with Crippen LogP contribution in [0.3, 0.4) is 0 Å². The standard InChI is InChI=1S/C13H19N3O2/c14-11-4-3-5-12(10-11)15-13(17)6-8-16-7-1-2-9-18-16/h3-5,10H,1-2,6-9,14H2,(H,15,17). The van der Waals surface area contributed by atoms with Crippen molar-refractivity contribution in [2.45, 2.75) is 19.3 Å². The first-order valence-electron chi connectivity index (χ1n) is 6.27. The van der Waals surface area contributed by atoms with E-state index in [1.54, 1.807) is 12.1 Å². The molecule has 0 atom stereocenters. The maximum atomic E-state index is 11.7. The van der Waals surface area contributed by atoms with Crippen molar-refractivity contribution in [2.75, 3.05) is 30.7 Å². The molecule has 5 nitrogen and oxygen atoms in total. The Morgan fingerprint density at radius 1 is 1.44 bits per heavy atom. The number of nitrogens with two attached hydrogens (primary N) is 1. The molecular weight excluding hydrogens is 230 g/mol. The number of anilines is 2. The van der Waals surface area contributed by atoms with Crippen LogP contribution in [0.15, 0.2) is 24.3 Å². The summed E-state index contributed by atoms with van der Waals surface area (Å²) in [6.45, 7) is 2.30. The van der Waals surface area contributed by atoms with E-state index in [9.17, 15) is 4.79 Å². The van der Waals surface area contributed by atoms with E-state index in [-0.39, 0.29) is 5.91 Å². The van der Waals surface area contributed by atoms with Gasteiger partial charge in [-0.3, -0.25) is 9.63 Å². The van der Waals surface area contributed by atoms with Gasteiger partial charge in [-0.1, -0.05) is 6.07 Å². The largest absolute Gasteiger partial charge is 0.399 e. The van der Waals surface area contributed by atoms with E-state index < -0.39 is 0 Å². The normalized spacial score (nSPS) is 16.4. The molecule has 3 N–H and O–H groups in total. The Kier molecular flexibility index (Phi) is 4.55. The second-order valence-corrected chi connectivity index (χ2v) is 4.39. The molecule has 1 amide bonds. The number of nitrogen functional groups attached to an aromatic ring is 1. The van der Waals surface area contributed by atoms with Gasteiger partial charge >= 0.3 is 0 Å². The molecule has 0 saturated carbocycles. The molecule has 2 rings (SSSR count). The van der Waals surface area contributed by atoms with Gasteiger partial charge in [0.15, 0.2) is 0 Å². The van der Waals surface area contributed by atoms with E-state index in [4.69, 9.17) is 10.6 Å². The van der Waals surface area contributed by atoms with Crippen LogP contribution in [0, 0.1) is 0 Å². The number of amides is 1. The van der Waals surface area contributed by atoms with Crippen molar-refractivity contribution >= 4 is 17.3 Å². The Labute approximate surface area is 107 Å². The summed E-state index contributed by atoms with van der Waals surface area (Å²) in [5.74, 6) is -0.0187. The minimum atomic E-state index is -0.0187. The highest BCUT2D eigenvalue weighted by atomic mass is 16.7. The number of nitrogens with one attached hydrogen (secondary N) is 1. The molecular formula is C13H19N3O2. The zero-order valence-corrected chi connectivity index (χ0v) is 10.4. The van der Waals surface area contributed by atoms with Crippen LogP contribution in [-0.4, -0.2) is 30.7 Å². The number of nitrogens with zero attached hydrogens (tertiary/aromatic N) is 1. The molecule has 0 spiro atoms. The number of hydrogen-bond acceptors (Lipinski definition) is 4. The number of hydrogen-bond donors (Lipinski definition) is 2. The van der Waals surface area contributed by atoms with Gasteiger partial charge in [-0.05, 0) is 31.0 Å². The van der Waals surface area contributed by atoms with Gasteiger partial charge in [0.25, 0.3) is 0 Å². The zero-order chi connectivity index (χ0) is 12.8. The summed E-state index contributed by atoms with van der Waals surface area (Å²) in [5, 5.41) is 4.68. The van der Waals surface area contributed by atoms with E-state index in [0.29, 0.717) is 18.7 Å². The van der Waals surface area contributed by atoms with E-state index in [1.807, 2.05) is 17.2 Å². The first-order valence-corrected chi connectivity index (χ1v) is 6.27. The van der Waals surface area contributed by atoms with E-state index in [2.05, 4.69) is 5.32 Å². The summed E-state index contributed by atoms with van der Waals surface area (Å²) < 4.78 is 0. The van der Waals surface area contributed by atoms with Crippen LogP contribution in [0.5, 0.6) is 0 Å². The van der Waals surface area contributed by atoms with Gasteiger partial charge in [0.1, 0.15) is 0 Å². The Balaban J connectivity index is 1.74. The van der Waals surface area contributed by atoms with Crippen molar-refractivity contribution in [3.05, 3.63) is 24.3 Å². The molecule has 0 aromatic heterocycles. The van der Waals surface area contributed by atoms with Crippen molar-refractivity contribution in [2.24, 2.45) is 0 Å². The monoisotopic (exact) mass is 249 g/mol. The van der Waals surface area contributed by atoms with Crippen molar-refractivity contribution in [3.8, 4) is 0 Å². The Morgan fingerprint density at radius 3 is 3.06 bits per heavy atom. The molecule has 0 radical (unpaired) electrons. The lowest BCUT2D eigenvalue weighted by atomic mass is 10.2. The number of carbonyl (C=O) groups is 1. The van der Waals surface area contributed by atoms with Gasteiger partial charge in [0, 0.05) is 30.9 Å². The Bertz CT molecular complexity index is 403. The van der Waals surface area contributed by atoms with E-state index >= 15 is 0 Å². The molecule has 5 heteroatoms. The quantitative estimate of drug-likeness (QED) is 0.796. The number of benzene rings is 1. The van der Waals surface area contributed by atoms with Crippen LogP contribution in [0.25, 0.3) is 0 Å². The fourth-order valence-electron chi connectivity index (χ4n) is 1.89. The van der Waals surface area contributed by atoms with Gasteiger partial charge in [0.2, 0.25) is 5.91 Å². The lowest BCUT2D eigenvalue weighted by Gasteiger charge is -2.25. The van der Waals surface area contributed by atoms with Gasteiger partial charge in [-0.15, -0.1) is 0 Å². The topological polar surface area (TPSA) is 67.6 Å². The minimum absolute atomic E-state index is 0.0187. The average molecular weight is 249 g/mol.